The molecule has 5 atom stereocenters. The van der Waals surface area contributed by atoms with E-state index < -0.39 is 53.7 Å². The SMILES string of the molecule is CC(C)(CC1NC(C(=O)NCC[C@H](O)CO)C(c2cccc(Cl)c2F)C1(C#N)c1ccc(Cl)cc1F)C1CC1. The lowest BCUT2D eigenvalue weighted by atomic mass is 9.62. The molecule has 0 bridgehead atoms. The predicted molar refractivity (Wildman–Crippen MR) is 145 cm³/mol. The molecule has 6 nitrogen and oxygen atoms in total. The summed E-state index contributed by atoms with van der Waals surface area (Å²) in [6.45, 7) is 3.76. The van der Waals surface area contributed by atoms with Gasteiger partial charge in [-0.2, -0.15) is 5.26 Å². The van der Waals surface area contributed by atoms with Crippen molar-refractivity contribution in [2.45, 2.75) is 69.1 Å². The molecule has 2 aromatic carbocycles. The minimum Gasteiger partial charge on any atom is -0.394 e. The zero-order valence-corrected chi connectivity index (χ0v) is 23.4. The summed E-state index contributed by atoms with van der Waals surface area (Å²) in [6.07, 6.45) is 1.59. The number of hydrogen-bond acceptors (Lipinski definition) is 5. The lowest BCUT2D eigenvalue weighted by Gasteiger charge is -2.38. The van der Waals surface area contributed by atoms with Crippen LogP contribution in [0.5, 0.6) is 0 Å². The van der Waals surface area contributed by atoms with Crippen molar-refractivity contribution < 1.29 is 23.8 Å². The molecule has 1 aliphatic carbocycles. The van der Waals surface area contributed by atoms with Crippen LogP contribution in [-0.4, -0.2) is 47.5 Å². The number of amides is 1. The average Bonchev–Trinajstić information content (AvgIpc) is 3.70. The molecule has 1 saturated carbocycles. The van der Waals surface area contributed by atoms with Crippen LogP contribution < -0.4 is 10.6 Å². The van der Waals surface area contributed by atoms with Crippen LogP contribution in [0.4, 0.5) is 8.78 Å². The Morgan fingerprint density at radius 1 is 1.28 bits per heavy atom. The zero-order valence-electron chi connectivity index (χ0n) is 21.9. The standard InChI is InChI=1S/C29H33Cl2F2N3O3/c1-28(2,16-6-7-16)13-23-29(15-34,20-9-8-17(30)12-22(20)32)24(19-4-3-5-21(31)25(19)33)26(36-23)27(39)35-11-10-18(38)14-37/h3-5,8-9,12,16,18,23-24,26,36-38H,6-7,10-11,13-14H2,1-2H3,(H,35,39)/t18-,23?,24?,26?,29?/m0/s1. The number of benzene rings is 2. The highest BCUT2D eigenvalue weighted by Gasteiger charge is 2.62. The van der Waals surface area contributed by atoms with Gasteiger partial charge in [0.05, 0.1) is 29.8 Å². The molecule has 0 spiro atoms. The van der Waals surface area contributed by atoms with E-state index in [2.05, 4.69) is 30.6 Å². The second kappa shape index (κ2) is 11.7. The van der Waals surface area contributed by atoms with Crippen LogP contribution in [0.2, 0.25) is 10.0 Å². The molecule has 0 radical (unpaired) electrons. The highest BCUT2D eigenvalue weighted by atomic mass is 35.5. The monoisotopic (exact) mass is 579 g/mol. The summed E-state index contributed by atoms with van der Waals surface area (Å²) in [5.41, 5.74) is -1.89. The molecule has 4 rings (SSSR count). The van der Waals surface area contributed by atoms with Crippen LogP contribution in [-0.2, 0) is 10.2 Å². The van der Waals surface area contributed by atoms with Crippen LogP contribution in [0.3, 0.4) is 0 Å². The Morgan fingerprint density at radius 3 is 2.62 bits per heavy atom. The molecule has 1 amide bonds. The van der Waals surface area contributed by atoms with Gasteiger partial charge < -0.3 is 20.8 Å². The van der Waals surface area contributed by atoms with Crippen molar-refractivity contribution in [1.82, 2.24) is 10.6 Å². The first kappa shape index (κ1) is 29.7. The predicted octanol–water partition coefficient (Wildman–Crippen LogP) is 4.84. The number of halogens is 4. The van der Waals surface area contributed by atoms with Gasteiger partial charge in [0.1, 0.15) is 17.0 Å². The molecule has 1 saturated heterocycles. The summed E-state index contributed by atoms with van der Waals surface area (Å²) in [4.78, 5) is 13.6. The first-order chi connectivity index (χ1) is 18.5. The normalized spacial score (nSPS) is 25.8. The number of nitriles is 1. The van der Waals surface area contributed by atoms with Gasteiger partial charge in [0.25, 0.3) is 0 Å². The van der Waals surface area contributed by atoms with Crippen molar-refractivity contribution in [3.8, 4) is 6.07 Å². The molecule has 2 fully saturated rings. The number of carbonyl (C=O) groups is 1. The Morgan fingerprint density at radius 2 is 2.00 bits per heavy atom. The smallest absolute Gasteiger partial charge is 0.237 e. The van der Waals surface area contributed by atoms with Crippen molar-refractivity contribution in [1.29, 1.82) is 5.26 Å². The summed E-state index contributed by atoms with van der Waals surface area (Å²) in [5.74, 6) is -2.78. The Labute approximate surface area is 237 Å². The van der Waals surface area contributed by atoms with Crippen molar-refractivity contribution in [3.63, 3.8) is 0 Å². The van der Waals surface area contributed by atoms with Gasteiger partial charge in [-0.15, -0.1) is 0 Å². The van der Waals surface area contributed by atoms with Crippen molar-refractivity contribution in [3.05, 3.63) is 69.2 Å². The molecule has 2 aliphatic rings. The third-order valence-electron chi connectivity index (χ3n) is 8.32. The fourth-order valence-electron chi connectivity index (χ4n) is 6.07. The largest absolute Gasteiger partial charge is 0.394 e. The quantitative estimate of drug-likeness (QED) is 0.322. The number of nitrogens with one attached hydrogen (secondary N) is 2. The summed E-state index contributed by atoms with van der Waals surface area (Å²) >= 11 is 12.2. The van der Waals surface area contributed by atoms with Gasteiger partial charge in [0.15, 0.2) is 0 Å². The average molecular weight is 581 g/mol. The van der Waals surface area contributed by atoms with Gasteiger partial charge in [-0.1, -0.05) is 55.2 Å². The van der Waals surface area contributed by atoms with E-state index in [1.165, 1.54) is 30.3 Å². The van der Waals surface area contributed by atoms with Crippen LogP contribution >= 0.6 is 23.2 Å². The molecular weight excluding hydrogens is 547 g/mol. The van der Waals surface area contributed by atoms with Crippen LogP contribution in [0.25, 0.3) is 0 Å². The number of aliphatic hydroxyl groups is 2. The zero-order chi connectivity index (χ0) is 28.5. The van der Waals surface area contributed by atoms with E-state index in [0.717, 1.165) is 18.9 Å². The van der Waals surface area contributed by atoms with Crippen LogP contribution in [0, 0.1) is 34.3 Å². The lowest BCUT2D eigenvalue weighted by Crippen LogP contribution is -2.46. The third-order valence-corrected chi connectivity index (χ3v) is 8.84. The fraction of sp³-hybridized carbons (Fsp3) is 0.517. The van der Waals surface area contributed by atoms with Crippen molar-refractivity contribution in [2.75, 3.05) is 13.2 Å². The Hall–Kier alpha value is -2.28. The number of aliphatic hydroxyl groups excluding tert-OH is 2. The van der Waals surface area contributed by atoms with Crippen molar-refractivity contribution in [2.24, 2.45) is 11.3 Å². The van der Waals surface area contributed by atoms with Gasteiger partial charge in [-0.05, 0) is 60.8 Å². The summed E-state index contributed by atoms with van der Waals surface area (Å²) in [7, 11) is 0. The third kappa shape index (κ3) is 5.79. The van der Waals surface area contributed by atoms with E-state index in [0.29, 0.717) is 12.3 Å². The minimum absolute atomic E-state index is 0.0215. The van der Waals surface area contributed by atoms with Crippen molar-refractivity contribution >= 4 is 29.1 Å². The summed E-state index contributed by atoms with van der Waals surface area (Å²) in [6, 6.07) is 8.91. The van der Waals surface area contributed by atoms with E-state index in [-0.39, 0.29) is 39.6 Å². The van der Waals surface area contributed by atoms with Crippen LogP contribution in [0.15, 0.2) is 36.4 Å². The van der Waals surface area contributed by atoms with Crippen LogP contribution in [0.1, 0.15) is 56.6 Å². The van der Waals surface area contributed by atoms with Gasteiger partial charge >= 0.3 is 0 Å². The molecule has 2 aromatic rings. The molecular formula is C29H33Cl2F2N3O3. The second-order valence-electron chi connectivity index (χ2n) is 11.3. The Balaban J connectivity index is 1.89. The van der Waals surface area contributed by atoms with E-state index >= 15 is 8.78 Å². The molecule has 0 aromatic heterocycles. The number of hydrogen-bond donors (Lipinski definition) is 4. The first-order valence-corrected chi connectivity index (χ1v) is 13.8. The van der Waals surface area contributed by atoms with Gasteiger partial charge in [-0.3, -0.25) is 4.79 Å². The van der Waals surface area contributed by atoms with E-state index in [9.17, 15) is 15.2 Å². The highest BCUT2D eigenvalue weighted by molar-refractivity contribution is 6.31. The van der Waals surface area contributed by atoms with Gasteiger partial charge in [0.2, 0.25) is 5.91 Å². The molecule has 39 heavy (non-hydrogen) atoms. The van der Waals surface area contributed by atoms with E-state index in [1.807, 2.05) is 0 Å². The lowest BCUT2D eigenvalue weighted by molar-refractivity contribution is -0.123. The maximum Gasteiger partial charge on any atom is 0.237 e. The molecule has 4 N–H and O–H groups in total. The summed E-state index contributed by atoms with van der Waals surface area (Å²) < 4.78 is 31.4. The molecule has 1 aliphatic heterocycles. The molecule has 4 unspecified atom stereocenters. The summed E-state index contributed by atoms with van der Waals surface area (Å²) in [5, 5.41) is 35.7. The topological polar surface area (TPSA) is 105 Å². The Kier molecular flexibility index (Phi) is 8.89. The van der Waals surface area contributed by atoms with Gasteiger partial charge in [-0.25, -0.2) is 8.78 Å². The van der Waals surface area contributed by atoms with E-state index in [4.69, 9.17) is 28.3 Å². The second-order valence-corrected chi connectivity index (χ2v) is 12.1. The Bertz CT molecular complexity index is 1270. The maximum atomic E-state index is 15.7. The minimum atomic E-state index is -1.70. The van der Waals surface area contributed by atoms with E-state index in [1.54, 1.807) is 0 Å². The van der Waals surface area contributed by atoms with Gasteiger partial charge in [0, 0.05) is 29.1 Å². The highest BCUT2D eigenvalue weighted by Crippen LogP contribution is 2.55. The number of carbonyl (C=O) groups excluding carboxylic acids is 1. The first-order valence-electron chi connectivity index (χ1n) is 13.1. The number of rotatable bonds is 10. The maximum absolute atomic E-state index is 15.7. The molecule has 10 heteroatoms. The molecule has 1 heterocycles. The number of nitrogens with zero attached hydrogens (tertiary/aromatic N) is 1. The molecule has 210 valence electrons. The fourth-order valence-corrected chi connectivity index (χ4v) is 6.41.